The zero-order valence-corrected chi connectivity index (χ0v) is 10.9. The normalized spacial score (nSPS) is 20.6. The maximum absolute atomic E-state index is 11.7. The summed E-state index contributed by atoms with van der Waals surface area (Å²) in [5.74, 6) is -0.127. The van der Waals surface area contributed by atoms with Crippen LogP contribution < -0.4 is 4.90 Å². The highest BCUT2D eigenvalue weighted by Gasteiger charge is 2.32. The number of rotatable bonds is 1. The molecular formula is C10H10BrClN2O2. The molecule has 2 heterocycles. The Morgan fingerprint density at radius 2 is 2.38 bits per heavy atom. The molecule has 1 unspecified atom stereocenters. The van der Waals surface area contributed by atoms with Crippen molar-refractivity contribution in [3.8, 4) is 0 Å². The topological polar surface area (TPSA) is 53.4 Å². The molecule has 0 spiro atoms. The maximum Gasteiger partial charge on any atom is 0.229 e. The largest absolute Gasteiger partial charge is 0.391 e. The van der Waals surface area contributed by atoms with Gasteiger partial charge in [0.1, 0.15) is 0 Å². The molecule has 6 heteroatoms. The smallest absolute Gasteiger partial charge is 0.229 e. The summed E-state index contributed by atoms with van der Waals surface area (Å²) in [4.78, 5) is 17.1. The van der Waals surface area contributed by atoms with Crippen LogP contribution in [0.25, 0.3) is 0 Å². The van der Waals surface area contributed by atoms with Crippen LogP contribution in [0.2, 0.25) is 5.15 Å². The number of amides is 1. The van der Waals surface area contributed by atoms with Gasteiger partial charge in [0.15, 0.2) is 5.15 Å². The first-order chi connectivity index (χ1) is 7.50. The Morgan fingerprint density at radius 3 is 2.94 bits per heavy atom. The number of nitrogens with zero attached hydrogens (tertiary/aromatic N) is 2. The standard InChI is InChI=1S/C10H10BrClN2O2/c1-5-7(11)3-13-10(12)9(5)14-4-6(15)2-8(14)16/h3,6,15H,2,4H2,1H3. The van der Waals surface area contributed by atoms with Crippen molar-refractivity contribution in [2.24, 2.45) is 0 Å². The SMILES string of the molecule is Cc1c(Br)cnc(Cl)c1N1CC(O)CC1=O. The lowest BCUT2D eigenvalue weighted by Gasteiger charge is -2.19. The number of pyridine rings is 1. The average Bonchev–Trinajstić information content (AvgIpc) is 2.53. The van der Waals surface area contributed by atoms with Gasteiger partial charge >= 0.3 is 0 Å². The van der Waals surface area contributed by atoms with E-state index in [4.69, 9.17) is 11.6 Å². The number of carbonyl (C=O) groups is 1. The lowest BCUT2D eigenvalue weighted by Crippen LogP contribution is -2.26. The monoisotopic (exact) mass is 304 g/mol. The number of β-amino-alcohol motifs (C(OH)–C–C–N with tert-alkyl or cyclic N) is 1. The summed E-state index contributed by atoms with van der Waals surface area (Å²) in [7, 11) is 0. The summed E-state index contributed by atoms with van der Waals surface area (Å²) >= 11 is 9.33. The number of hydrogen-bond donors (Lipinski definition) is 1. The van der Waals surface area contributed by atoms with Crippen LogP contribution in [0.4, 0.5) is 5.69 Å². The molecule has 1 amide bonds. The molecule has 1 aromatic rings. The molecule has 0 radical (unpaired) electrons. The van der Waals surface area contributed by atoms with Gasteiger partial charge in [0, 0.05) is 10.7 Å². The first-order valence-corrected chi connectivity index (χ1v) is 5.97. The highest BCUT2D eigenvalue weighted by molar-refractivity contribution is 9.10. The van der Waals surface area contributed by atoms with Gasteiger partial charge < -0.3 is 10.0 Å². The third-order valence-corrected chi connectivity index (χ3v) is 3.65. The van der Waals surface area contributed by atoms with Crippen molar-refractivity contribution in [1.82, 2.24) is 4.98 Å². The van der Waals surface area contributed by atoms with Gasteiger partial charge in [-0.15, -0.1) is 0 Å². The fraction of sp³-hybridized carbons (Fsp3) is 0.400. The number of halogens is 2. The molecule has 16 heavy (non-hydrogen) atoms. The molecular weight excluding hydrogens is 295 g/mol. The molecule has 0 aliphatic carbocycles. The molecule has 0 saturated carbocycles. The van der Waals surface area contributed by atoms with Gasteiger partial charge in [-0.25, -0.2) is 4.98 Å². The van der Waals surface area contributed by atoms with Crippen LogP contribution in [-0.2, 0) is 4.79 Å². The van der Waals surface area contributed by atoms with Crippen molar-refractivity contribution < 1.29 is 9.90 Å². The summed E-state index contributed by atoms with van der Waals surface area (Å²) in [6.07, 6.45) is 1.11. The number of aromatic nitrogens is 1. The fourth-order valence-electron chi connectivity index (χ4n) is 1.76. The molecule has 1 aliphatic rings. The molecule has 1 atom stereocenters. The number of anilines is 1. The maximum atomic E-state index is 11.7. The van der Waals surface area contributed by atoms with Crippen LogP contribution in [0, 0.1) is 6.92 Å². The minimum atomic E-state index is -0.623. The van der Waals surface area contributed by atoms with Gasteiger partial charge in [-0.1, -0.05) is 11.6 Å². The minimum absolute atomic E-state index is 0.127. The second-order valence-electron chi connectivity index (χ2n) is 3.73. The van der Waals surface area contributed by atoms with E-state index in [-0.39, 0.29) is 24.0 Å². The minimum Gasteiger partial charge on any atom is -0.391 e. The Kier molecular flexibility index (Phi) is 3.19. The van der Waals surface area contributed by atoms with E-state index in [0.29, 0.717) is 5.69 Å². The number of aliphatic hydroxyl groups excluding tert-OH is 1. The second-order valence-corrected chi connectivity index (χ2v) is 4.95. The zero-order valence-electron chi connectivity index (χ0n) is 8.57. The fourth-order valence-corrected chi connectivity index (χ4v) is 2.34. The van der Waals surface area contributed by atoms with Gasteiger partial charge in [-0.2, -0.15) is 0 Å². The van der Waals surface area contributed by atoms with Gasteiger partial charge in [-0.05, 0) is 28.4 Å². The van der Waals surface area contributed by atoms with Crippen molar-refractivity contribution in [3.05, 3.63) is 21.4 Å². The van der Waals surface area contributed by atoms with Gasteiger partial charge in [0.2, 0.25) is 5.91 Å². The van der Waals surface area contributed by atoms with Crippen LogP contribution >= 0.6 is 27.5 Å². The Hall–Kier alpha value is -0.650. The summed E-state index contributed by atoms with van der Waals surface area (Å²) < 4.78 is 0.793. The van der Waals surface area contributed by atoms with E-state index in [9.17, 15) is 9.90 Å². The molecule has 4 nitrogen and oxygen atoms in total. The van der Waals surface area contributed by atoms with Crippen LogP contribution in [0.5, 0.6) is 0 Å². The van der Waals surface area contributed by atoms with E-state index < -0.39 is 6.10 Å². The Morgan fingerprint density at radius 1 is 1.69 bits per heavy atom. The lowest BCUT2D eigenvalue weighted by molar-refractivity contribution is -0.117. The predicted octanol–water partition coefficient (Wildman–Crippen LogP) is 1.90. The van der Waals surface area contributed by atoms with Crippen LogP contribution in [-0.4, -0.2) is 28.6 Å². The molecule has 1 aromatic heterocycles. The Balaban J connectivity index is 2.48. The average molecular weight is 306 g/mol. The summed E-state index contributed by atoms with van der Waals surface area (Å²) in [5, 5.41) is 9.73. The van der Waals surface area contributed by atoms with Crippen molar-refractivity contribution in [3.63, 3.8) is 0 Å². The number of hydrogen-bond acceptors (Lipinski definition) is 3. The summed E-state index contributed by atoms with van der Waals surface area (Å²) in [6, 6.07) is 0. The van der Waals surface area contributed by atoms with E-state index in [0.717, 1.165) is 10.0 Å². The Bertz CT molecular complexity index is 453. The number of carbonyl (C=O) groups excluding carboxylic acids is 1. The van der Waals surface area contributed by atoms with E-state index >= 15 is 0 Å². The summed E-state index contributed by atoms with van der Waals surface area (Å²) in [6.45, 7) is 2.13. The van der Waals surface area contributed by atoms with Gasteiger partial charge in [0.05, 0.1) is 24.8 Å². The zero-order chi connectivity index (χ0) is 11.9. The second kappa shape index (κ2) is 4.31. The lowest BCUT2D eigenvalue weighted by atomic mass is 10.2. The first kappa shape index (κ1) is 11.8. The van der Waals surface area contributed by atoms with Crippen LogP contribution in [0.15, 0.2) is 10.7 Å². The van der Waals surface area contributed by atoms with Crippen LogP contribution in [0.1, 0.15) is 12.0 Å². The Labute approximate surface area is 106 Å². The van der Waals surface area contributed by atoms with Crippen LogP contribution in [0.3, 0.4) is 0 Å². The highest BCUT2D eigenvalue weighted by atomic mass is 79.9. The predicted molar refractivity (Wildman–Crippen MR) is 64.7 cm³/mol. The quantitative estimate of drug-likeness (QED) is 0.806. The van der Waals surface area contributed by atoms with Gasteiger partial charge in [-0.3, -0.25) is 4.79 Å². The van der Waals surface area contributed by atoms with Crippen molar-refractivity contribution in [2.45, 2.75) is 19.4 Å². The third-order valence-electron chi connectivity index (χ3n) is 2.57. The third kappa shape index (κ3) is 1.95. The summed E-state index contributed by atoms with van der Waals surface area (Å²) in [5.41, 5.74) is 1.43. The molecule has 0 aromatic carbocycles. The van der Waals surface area contributed by atoms with E-state index in [1.807, 2.05) is 6.92 Å². The molecule has 1 fully saturated rings. The molecule has 2 rings (SSSR count). The van der Waals surface area contributed by atoms with Crippen molar-refractivity contribution >= 4 is 39.1 Å². The first-order valence-electron chi connectivity index (χ1n) is 4.79. The molecule has 0 bridgehead atoms. The molecule has 1 aliphatic heterocycles. The van der Waals surface area contributed by atoms with E-state index in [2.05, 4.69) is 20.9 Å². The number of aliphatic hydroxyl groups is 1. The van der Waals surface area contributed by atoms with E-state index in [1.54, 1.807) is 6.20 Å². The van der Waals surface area contributed by atoms with E-state index in [1.165, 1.54) is 4.90 Å². The van der Waals surface area contributed by atoms with Gasteiger partial charge in [0.25, 0.3) is 0 Å². The van der Waals surface area contributed by atoms with Crippen molar-refractivity contribution in [2.75, 3.05) is 11.4 Å². The highest BCUT2D eigenvalue weighted by Crippen LogP contribution is 2.34. The molecule has 1 saturated heterocycles. The molecule has 86 valence electrons. The molecule has 1 N–H and O–H groups in total. The van der Waals surface area contributed by atoms with Crippen molar-refractivity contribution in [1.29, 1.82) is 0 Å².